The second kappa shape index (κ2) is 5.55. The van der Waals surface area contributed by atoms with Crippen molar-refractivity contribution in [3.63, 3.8) is 0 Å². The monoisotopic (exact) mass is 288 g/mol. The summed E-state index contributed by atoms with van der Waals surface area (Å²) in [4.78, 5) is 12.2. The maximum absolute atomic E-state index is 12.2. The smallest absolute Gasteiger partial charge is 0.255 e. The maximum atomic E-state index is 12.2. The molecule has 3 nitrogen and oxygen atoms in total. The Bertz CT molecular complexity index is 657. The third kappa shape index (κ3) is 2.94. The standard InChI is InChI=1S/C16H17ClN2O/c1-9-6-11(3)15(14(18)7-9)19-16(20)12-5-4-10(2)13(17)8-12/h4-8H,18H2,1-3H3,(H,19,20). The molecule has 0 aromatic heterocycles. The number of hydrogen-bond donors (Lipinski definition) is 2. The van der Waals surface area contributed by atoms with Gasteiger partial charge < -0.3 is 11.1 Å². The third-order valence-corrected chi connectivity index (χ3v) is 3.59. The summed E-state index contributed by atoms with van der Waals surface area (Å²) in [6.45, 7) is 5.78. The van der Waals surface area contributed by atoms with Gasteiger partial charge in [-0.2, -0.15) is 0 Å². The number of carbonyl (C=O) groups is 1. The molecule has 0 unspecified atom stereocenters. The fourth-order valence-electron chi connectivity index (χ4n) is 2.09. The molecule has 0 radical (unpaired) electrons. The van der Waals surface area contributed by atoms with E-state index in [1.165, 1.54) is 0 Å². The summed E-state index contributed by atoms with van der Waals surface area (Å²) < 4.78 is 0. The number of aryl methyl sites for hydroxylation is 3. The fourth-order valence-corrected chi connectivity index (χ4v) is 2.27. The van der Waals surface area contributed by atoms with E-state index in [2.05, 4.69) is 5.32 Å². The van der Waals surface area contributed by atoms with Crippen LogP contribution in [0.4, 0.5) is 11.4 Å². The van der Waals surface area contributed by atoms with E-state index in [0.717, 1.165) is 16.7 Å². The van der Waals surface area contributed by atoms with Crippen molar-refractivity contribution in [1.29, 1.82) is 0 Å². The predicted molar refractivity (Wildman–Crippen MR) is 84.5 cm³/mol. The minimum atomic E-state index is -0.217. The van der Waals surface area contributed by atoms with Gasteiger partial charge in [-0.1, -0.05) is 23.7 Å². The van der Waals surface area contributed by atoms with Crippen LogP contribution in [-0.4, -0.2) is 5.91 Å². The topological polar surface area (TPSA) is 55.1 Å². The van der Waals surface area contributed by atoms with Gasteiger partial charge in [-0.15, -0.1) is 0 Å². The lowest BCUT2D eigenvalue weighted by atomic mass is 10.1. The second-order valence-electron chi connectivity index (χ2n) is 4.96. The van der Waals surface area contributed by atoms with E-state index in [1.807, 2.05) is 39.0 Å². The van der Waals surface area contributed by atoms with Crippen LogP contribution in [0, 0.1) is 20.8 Å². The minimum Gasteiger partial charge on any atom is -0.397 e. The molecule has 2 aromatic rings. The van der Waals surface area contributed by atoms with Gasteiger partial charge in [0.2, 0.25) is 0 Å². The van der Waals surface area contributed by atoms with Gasteiger partial charge in [-0.3, -0.25) is 4.79 Å². The highest BCUT2D eigenvalue weighted by molar-refractivity contribution is 6.31. The summed E-state index contributed by atoms with van der Waals surface area (Å²) in [6, 6.07) is 9.05. The van der Waals surface area contributed by atoms with Crippen LogP contribution in [0.25, 0.3) is 0 Å². The Morgan fingerprint density at radius 2 is 1.80 bits per heavy atom. The molecule has 0 spiro atoms. The van der Waals surface area contributed by atoms with Crippen molar-refractivity contribution in [2.45, 2.75) is 20.8 Å². The lowest BCUT2D eigenvalue weighted by Crippen LogP contribution is -2.14. The van der Waals surface area contributed by atoms with Gasteiger partial charge in [0.25, 0.3) is 5.91 Å². The Morgan fingerprint density at radius 3 is 2.40 bits per heavy atom. The lowest BCUT2D eigenvalue weighted by Gasteiger charge is -2.13. The molecule has 104 valence electrons. The molecule has 0 saturated heterocycles. The van der Waals surface area contributed by atoms with Crippen LogP contribution in [0.5, 0.6) is 0 Å². The summed E-state index contributed by atoms with van der Waals surface area (Å²) in [6.07, 6.45) is 0. The van der Waals surface area contributed by atoms with Gasteiger partial charge in [0.15, 0.2) is 0 Å². The van der Waals surface area contributed by atoms with E-state index >= 15 is 0 Å². The van der Waals surface area contributed by atoms with E-state index in [4.69, 9.17) is 17.3 Å². The fraction of sp³-hybridized carbons (Fsp3) is 0.188. The van der Waals surface area contributed by atoms with E-state index in [-0.39, 0.29) is 5.91 Å². The zero-order valence-electron chi connectivity index (χ0n) is 11.8. The van der Waals surface area contributed by atoms with Gasteiger partial charge in [-0.25, -0.2) is 0 Å². The minimum absolute atomic E-state index is 0.217. The van der Waals surface area contributed by atoms with E-state index < -0.39 is 0 Å². The van der Waals surface area contributed by atoms with Crippen molar-refractivity contribution >= 4 is 28.9 Å². The average Bonchev–Trinajstić information content (AvgIpc) is 2.36. The highest BCUT2D eigenvalue weighted by Gasteiger charge is 2.11. The molecule has 4 heteroatoms. The van der Waals surface area contributed by atoms with Crippen LogP contribution in [-0.2, 0) is 0 Å². The maximum Gasteiger partial charge on any atom is 0.255 e. The van der Waals surface area contributed by atoms with Crippen LogP contribution < -0.4 is 11.1 Å². The molecule has 0 saturated carbocycles. The van der Waals surface area contributed by atoms with Gasteiger partial charge in [-0.05, 0) is 55.7 Å². The Morgan fingerprint density at radius 1 is 1.10 bits per heavy atom. The number of halogens is 1. The number of nitrogens with two attached hydrogens (primary N) is 1. The summed E-state index contributed by atoms with van der Waals surface area (Å²) in [7, 11) is 0. The van der Waals surface area contributed by atoms with Crippen LogP contribution in [0.1, 0.15) is 27.0 Å². The van der Waals surface area contributed by atoms with E-state index in [0.29, 0.717) is 22.0 Å². The van der Waals surface area contributed by atoms with Gasteiger partial charge in [0.05, 0.1) is 11.4 Å². The number of nitrogen functional groups attached to an aromatic ring is 1. The zero-order valence-corrected chi connectivity index (χ0v) is 12.5. The van der Waals surface area contributed by atoms with Crippen LogP contribution in [0.3, 0.4) is 0 Å². The molecule has 3 N–H and O–H groups in total. The first-order valence-electron chi connectivity index (χ1n) is 6.32. The molecule has 0 atom stereocenters. The van der Waals surface area contributed by atoms with Crippen molar-refractivity contribution in [3.8, 4) is 0 Å². The SMILES string of the molecule is Cc1cc(C)c(NC(=O)c2ccc(C)c(Cl)c2)c(N)c1. The number of rotatable bonds is 2. The summed E-state index contributed by atoms with van der Waals surface area (Å²) in [5.41, 5.74) is 10.6. The number of nitrogens with one attached hydrogen (secondary N) is 1. The molecular weight excluding hydrogens is 272 g/mol. The molecule has 0 fully saturated rings. The normalized spacial score (nSPS) is 10.4. The Labute approximate surface area is 123 Å². The summed E-state index contributed by atoms with van der Waals surface area (Å²) >= 11 is 6.04. The molecule has 0 aliphatic rings. The largest absolute Gasteiger partial charge is 0.397 e. The summed E-state index contributed by atoms with van der Waals surface area (Å²) in [5.74, 6) is -0.217. The molecule has 0 heterocycles. The Balaban J connectivity index is 2.30. The number of hydrogen-bond acceptors (Lipinski definition) is 2. The van der Waals surface area contributed by atoms with Crippen LogP contribution >= 0.6 is 11.6 Å². The lowest BCUT2D eigenvalue weighted by molar-refractivity contribution is 0.102. The number of anilines is 2. The highest BCUT2D eigenvalue weighted by atomic mass is 35.5. The van der Waals surface area contributed by atoms with Crippen molar-refractivity contribution in [2.24, 2.45) is 0 Å². The predicted octanol–water partition coefficient (Wildman–Crippen LogP) is 4.10. The Hall–Kier alpha value is -2.00. The van der Waals surface area contributed by atoms with E-state index in [1.54, 1.807) is 12.1 Å². The molecule has 20 heavy (non-hydrogen) atoms. The molecular formula is C16H17ClN2O. The van der Waals surface area contributed by atoms with Crippen LogP contribution in [0.15, 0.2) is 30.3 Å². The first kappa shape index (κ1) is 14.4. The van der Waals surface area contributed by atoms with Gasteiger partial charge in [0, 0.05) is 10.6 Å². The number of carbonyl (C=O) groups excluding carboxylic acids is 1. The molecule has 0 aliphatic heterocycles. The van der Waals surface area contributed by atoms with Crippen molar-refractivity contribution in [2.75, 3.05) is 11.1 Å². The van der Waals surface area contributed by atoms with Gasteiger partial charge >= 0.3 is 0 Å². The number of benzene rings is 2. The average molecular weight is 289 g/mol. The first-order chi connectivity index (χ1) is 9.38. The number of amides is 1. The van der Waals surface area contributed by atoms with Crippen LogP contribution in [0.2, 0.25) is 5.02 Å². The Kier molecular flexibility index (Phi) is 4.00. The van der Waals surface area contributed by atoms with E-state index in [9.17, 15) is 4.79 Å². The molecule has 2 rings (SSSR count). The van der Waals surface area contributed by atoms with Crippen molar-refractivity contribution < 1.29 is 4.79 Å². The second-order valence-corrected chi connectivity index (χ2v) is 5.37. The van der Waals surface area contributed by atoms with Crippen molar-refractivity contribution in [1.82, 2.24) is 0 Å². The molecule has 1 amide bonds. The molecule has 0 bridgehead atoms. The summed E-state index contributed by atoms with van der Waals surface area (Å²) in [5, 5.41) is 3.42. The zero-order chi connectivity index (χ0) is 14.9. The van der Waals surface area contributed by atoms with Gasteiger partial charge in [0.1, 0.15) is 0 Å². The third-order valence-electron chi connectivity index (χ3n) is 3.18. The molecule has 0 aliphatic carbocycles. The molecule has 2 aromatic carbocycles. The highest BCUT2D eigenvalue weighted by Crippen LogP contribution is 2.26. The van der Waals surface area contributed by atoms with Crippen molar-refractivity contribution in [3.05, 3.63) is 57.6 Å². The first-order valence-corrected chi connectivity index (χ1v) is 6.70. The quantitative estimate of drug-likeness (QED) is 0.818.